The lowest BCUT2D eigenvalue weighted by molar-refractivity contribution is 0.174. The smallest absolute Gasteiger partial charge is 0.259 e. The van der Waals surface area contributed by atoms with E-state index >= 15 is 0 Å². The average Bonchev–Trinajstić information content (AvgIpc) is 2.94. The van der Waals surface area contributed by atoms with Crippen molar-refractivity contribution in [1.82, 2.24) is 15.1 Å². The van der Waals surface area contributed by atoms with Crippen molar-refractivity contribution in [1.29, 1.82) is 0 Å². The Balaban J connectivity index is 1.99. The number of ether oxygens (including phenoxy) is 1. The van der Waals surface area contributed by atoms with Gasteiger partial charge in [-0.05, 0) is 18.6 Å². The highest BCUT2D eigenvalue weighted by Crippen LogP contribution is 2.17. The van der Waals surface area contributed by atoms with Gasteiger partial charge in [-0.2, -0.15) is 4.98 Å². The second-order valence-electron chi connectivity index (χ2n) is 4.32. The highest BCUT2D eigenvalue weighted by atomic mass is 16.5. The first-order valence-electron chi connectivity index (χ1n) is 6.42. The minimum absolute atomic E-state index is 0.311. The number of nitrogens with zero attached hydrogens (tertiary/aromatic N) is 3. The van der Waals surface area contributed by atoms with Crippen LogP contribution in [0.2, 0.25) is 0 Å². The van der Waals surface area contributed by atoms with Gasteiger partial charge >= 0.3 is 0 Å². The maximum Gasteiger partial charge on any atom is 0.259 e. The summed E-state index contributed by atoms with van der Waals surface area (Å²) in [5.74, 6) is 1.60. The fraction of sp³-hybridized carbons (Fsp3) is 0.462. The number of aliphatic hydroxyl groups excluding tert-OH is 1. The van der Waals surface area contributed by atoms with Gasteiger partial charge in [0.25, 0.3) is 5.89 Å². The summed E-state index contributed by atoms with van der Waals surface area (Å²) < 4.78 is 10.0. The summed E-state index contributed by atoms with van der Waals surface area (Å²) in [7, 11) is 1.57. The standard InChI is InChI=1S/C13H18N4O3/c1-3-10(18)7-15-11-5-4-9(6-14-11)13-16-12(8-19-2)17-20-13/h4-6,10,18H,3,7-8H2,1-2H3,(H,14,15)/t10-/m0/s1. The van der Waals surface area contributed by atoms with Crippen molar-refractivity contribution in [3.8, 4) is 11.5 Å². The Morgan fingerprint density at radius 3 is 2.95 bits per heavy atom. The zero-order valence-electron chi connectivity index (χ0n) is 11.5. The Morgan fingerprint density at radius 2 is 2.30 bits per heavy atom. The number of hydrogen-bond acceptors (Lipinski definition) is 7. The van der Waals surface area contributed by atoms with Crippen molar-refractivity contribution < 1.29 is 14.4 Å². The first-order valence-corrected chi connectivity index (χ1v) is 6.42. The minimum Gasteiger partial charge on any atom is -0.391 e. The zero-order valence-corrected chi connectivity index (χ0v) is 11.5. The van der Waals surface area contributed by atoms with Crippen LogP contribution in [0.5, 0.6) is 0 Å². The Morgan fingerprint density at radius 1 is 1.45 bits per heavy atom. The summed E-state index contributed by atoms with van der Waals surface area (Å²) in [5.41, 5.74) is 0.737. The van der Waals surface area contributed by atoms with Crippen LogP contribution in [0.15, 0.2) is 22.9 Å². The van der Waals surface area contributed by atoms with Crippen LogP contribution < -0.4 is 5.32 Å². The predicted molar refractivity (Wildman–Crippen MR) is 73.0 cm³/mol. The third-order valence-electron chi connectivity index (χ3n) is 2.74. The van der Waals surface area contributed by atoms with E-state index < -0.39 is 0 Å². The molecule has 0 aliphatic carbocycles. The van der Waals surface area contributed by atoms with E-state index in [1.54, 1.807) is 19.4 Å². The highest BCUT2D eigenvalue weighted by Gasteiger charge is 2.09. The average molecular weight is 278 g/mol. The normalized spacial score (nSPS) is 12.3. The molecular weight excluding hydrogens is 260 g/mol. The maximum atomic E-state index is 9.47. The summed E-state index contributed by atoms with van der Waals surface area (Å²) in [6.45, 7) is 2.71. The number of methoxy groups -OCH3 is 1. The van der Waals surface area contributed by atoms with Gasteiger partial charge in [-0.1, -0.05) is 12.1 Å². The number of rotatable bonds is 7. The van der Waals surface area contributed by atoms with E-state index in [1.807, 2.05) is 13.0 Å². The molecule has 2 heterocycles. The molecule has 2 aromatic heterocycles. The fourth-order valence-electron chi connectivity index (χ4n) is 1.55. The lowest BCUT2D eigenvalue weighted by Gasteiger charge is -2.09. The van der Waals surface area contributed by atoms with Gasteiger partial charge in [0.15, 0.2) is 5.82 Å². The maximum absolute atomic E-state index is 9.47. The minimum atomic E-state index is -0.371. The predicted octanol–water partition coefficient (Wildman–Crippen LogP) is 1.46. The number of pyridine rings is 1. The van der Waals surface area contributed by atoms with Gasteiger partial charge in [-0.3, -0.25) is 0 Å². The largest absolute Gasteiger partial charge is 0.391 e. The molecule has 7 nitrogen and oxygen atoms in total. The van der Waals surface area contributed by atoms with E-state index in [0.717, 1.165) is 5.56 Å². The van der Waals surface area contributed by atoms with E-state index in [4.69, 9.17) is 9.26 Å². The van der Waals surface area contributed by atoms with Crippen LogP contribution in [0.4, 0.5) is 5.82 Å². The van der Waals surface area contributed by atoms with Gasteiger partial charge in [-0.15, -0.1) is 0 Å². The number of nitrogens with one attached hydrogen (secondary N) is 1. The van der Waals surface area contributed by atoms with Crippen LogP contribution >= 0.6 is 0 Å². The van der Waals surface area contributed by atoms with Crippen molar-refractivity contribution >= 4 is 5.82 Å². The van der Waals surface area contributed by atoms with Gasteiger partial charge in [0.05, 0.1) is 11.7 Å². The Hall–Kier alpha value is -1.99. The quantitative estimate of drug-likeness (QED) is 0.791. The van der Waals surface area contributed by atoms with Crippen molar-refractivity contribution in [3.05, 3.63) is 24.2 Å². The third-order valence-corrected chi connectivity index (χ3v) is 2.74. The second-order valence-corrected chi connectivity index (χ2v) is 4.32. The summed E-state index contributed by atoms with van der Waals surface area (Å²) in [6.07, 6.45) is 1.98. The Labute approximate surface area is 117 Å². The molecule has 0 bridgehead atoms. The van der Waals surface area contributed by atoms with Gasteiger partial charge in [0.1, 0.15) is 12.4 Å². The van der Waals surface area contributed by atoms with Crippen LogP contribution in [0.1, 0.15) is 19.2 Å². The summed E-state index contributed by atoms with van der Waals surface area (Å²) >= 11 is 0. The molecule has 0 spiro atoms. The highest BCUT2D eigenvalue weighted by molar-refractivity contribution is 5.54. The molecule has 0 amide bonds. The van der Waals surface area contributed by atoms with E-state index in [-0.39, 0.29) is 6.10 Å². The Kier molecular flexibility index (Phi) is 5.03. The summed E-state index contributed by atoms with van der Waals surface area (Å²) in [4.78, 5) is 8.42. The van der Waals surface area contributed by atoms with Crippen molar-refractivity contribution in [2.24, 2.45) is 0 Å². The van der Waals surface area contributed by atoms with Gasteiger partial charge in [-0.25, -0.2) is 4.98 Å². The number of hydrogen-bond donors (Lipinski definition) is 2. The van der Waals surface area contributed by atoms with Gasteiger partial charge in [0, 0.05) is 19.9 Å². The summed E-state index contributed by atoms with van der Waals surface area (Å²) in [5, 5.41) is 16.3. The molecule has 20 heavy (non-hydrogen) atoms. The molecule has 0 unspecified atom stereocenters. The van der Waals surface area contributed by atoms with Gasteiger partial charge < -0.3 is 19.7 Å². The second kappa shape index (κ2) is 6.97. The molecule has 2 N–H and O–H groups in total. The molecule has 2 rings (SSSR count). The van der Waals surface area contributed by atoms with Crippen molar-refractivity contribution in [2.45, 2.75) is 26.1 Å². The van der Waals surface area contributed by atoms with Gasteiger partial charge in [0.2, 0.25) is 0 Å². The van der Waals surface area contributed by atoms with Crippen LogP contribution in [-0.2, 0) is 11.3 Å². The molecule has 2 aromatic rings. The molecular formula is C13H18N4O3. The lowest BCUT2D eigenvalue weighted by Crippen LogP contribution is -2.18. The number of aliphatic hydroxyl groups is 1. The Bertz CT molecular complexity index is 527. The van der Waals surface area contributed by atoms with Crippen LogP contribution in [0, 0.1) is 0 Å². The third kappa shape index (κ3) is 3.75. The molecule has 0 aliphatic heterocycles. The zero-order chi connectivity index (χ0) is 14.4. The van der Waals surface area contributed by atoms with E-state index in [1.165, 1.54) is 0 Å². The van der Waals surface area contributed by atoms with Crippen molar-refractivity contribution in [2.75, 3.05) is 19.0 Å². The van der Waals surface area contributed by atoms with Crippen molar-refractivity contribution in [3.63, 3.8) is 0 Å². The van der Waals surface area contributed by atoms with Crippen LogP contribution in [-0.4, -0.2) is 40.0 Å². The number of aromatic nitrogens is 3. The fourth-order valence-corrected chi connectivity index (χ4v) is 1.55. The van der Waals surface area contributed by atoms with E-state index in [0.29, 0.717) is 37.1 Å². The molecule has 0 saturated heterocycles. The first kappa shape index (κ1) is 14.4. The molecule has 0 radical (unpaired) electrons. The molecule has 0 aliphatic rings. The van der Waals surface area contributed by atoms with E-state index in [9.17, 15) is 5.11 Å². The molecule has 1 atom stereocenters. The topological polar surface area (TPSA) is 93.3 Å². The molecule has 0 saturated carbocycles. The molecule has 0 aromatic carbocycles. The number of anilines is 1. The molecule has 0 fully saturated rings. The monoisotopic (exact) mass is 278 g/mol. The van der Waals surface area contributed by atoms with Crippen LogP contribution in [0.25, 0.3) is 11.5 Å². The van der Waals surface area contributed by atoms with Crippen LogP contribution in [0.3, 0.4) is 0 Å². The first-order chi connectivity index (χ1) is 9.72. The summed E-state index contributed by atoms with van der Waals surface area (Å²) in [6, 6.07) is 3.63. The molecule has 108 valence electrons. The molecule has 7 heteroatoms. The SMILES string of the molecule is CC[C@H](O)CNc1ccc(-c2nc(COC)no2)cn1. The lowest BCUT2D eigenvalue weighted by atomic mass is 10.2. The van der Waals surface area contributed by atoms with E-state index in [2.05, 4.69) is 20.4 Å².